The molecule has 0 saturated heterocycles. The zero-order chi connectivity index (χ0) is 8.27. The molecule has 0 radical (unpaired) electrons. The largest absolute Gasteiger partial charge is 0.311 e. The lowest BCUT2D eigenvalue weighted by molar-refractivity contribution is 0.549. The predicted octanol–water partition coefficient (Wildman–Crippen LogP) is 2.34. The lowest BCUT2D eigenvalue weighted by atomic mass is 9.98. The number of rotatable bonds is 1. The van der Waals surface area contributed by atoms with Gasteiger partial charge in [-0.2, -0.15) is 0 Å². The Bertz CT molecular complexity index is 147. The van der Waals surface area contributed by atoms with E-state index in [0.717, 1.165) is 12.5 Å². The van der Waals surface area contributed by atoms with Crippen LogP contribution in [0.1, 0.15) is 33.6 Å². The number of nitrogens with one attached hydrogen (secondary N) is 1. The summed E-state index contributed by atoms with van der Waals surface area (Å²) in [4.78, 5) is 0. The van der Waals surface area contributed by atoms with Crippen molar-refractivity contribution in [1.29, 1.82) is 0 Å². The molecule has 11 heavy (non-hydrogen) atoms. The van der Waals surface area contributed by atoms with Gasteiger partial charge in [0.25, 0.3) is 0 Å². The summed E-state index contributed by atoms with van der Waals surface area (Å²) in [5.41, 5.74) is 1.63. The van der Waals surface area contributed by atoms with Crippen LogP contribution in [-0.4, -0.2) is 12.6 Å². The fraction of sp³-hybridized carbons (Fsp3) is 0.800. The molecule has 1 heteroatoms. The molecule has 0 fully saturated rings. The Kier molecular flexibility index (Phi) is 3.13. The molecule has 0 aromatic carbocycles. The second kappa shape index (κ2) is 3.91. The highest BCUT2D eigenvalue weighted by atomic mass is 14.9. The maximum atomic E-state index is 3.45. The van der Waals surface area contributed by atoms with E-state index in [-0.39, 0.29) is 0 Å². The SMILES string of the molecule is CC(C)C1=CCN[C@@H](C)CC1. The third-order valence-electron chi connectivity index (χ3n) is 2.44. The Balaban J connectivity index is 2.48. The van der Waals surface area contributed by atoms with E-state index in [4.69, 9.17) is 0 Å². The summed E-state index contributed by atoms with van der Waals surface area (Å²) >= 11 is 0. The summed E-state index contributed by atoms with van der Waals surface area (Å²) in [5, 5.41) is 3.45. The van der Waals surface area contributed by atoms with Crippen molar-refractivity contribution in [3.63, 3.8) is 0 Å². The van der Waals surface area contributed by atoms with Gasteiger partial charge in [-0.1, -0.05) is 25.5 Å². The van der Waals surface area contributed by atoms with Gasteiger partial charge in [0.2, 0.25) is 0 Å². The van der Waals surface area contributed by atoms with Crippen molar-refractivity contribution in [2.75, 3.05) is 6.54 Å². The van der Waals surface area contributed by atoms with Crippen LogP contribution in [0.4, 0.5) is 0 Å². The maximum Gasteiger partial charge on any atom is 0.0140 e. The number of hydrogen-bond donors (Lipinski definition) is 1. The first-order chi connectivity index (χ1) is 5.20. The first-order valence-corrected chi connectivity index (χ1v) is 4.62. The van der Waals surface area contributed by atoms with E-state index in [2.05, 4.69) is 32.2 Å². The fourth-order valence-electron chi connectivity index (χ4n) is 1.50. The van der Waals surface area contributed by atoms with Gasteiger partial charge in [-0.3, -0.25) is 0 Å². The third-order valence-corrected chi connectivity index (χ3v) is 2.44. The molecule has 0 saturated carbocycles. The number of hydrogen-bond acceptors (Lipinski definition) is 1. The van der Waals surface area contributed by atoms with Gasteiger partial charge in [0.1, 0.15) is 0 Å². The van der Waals surface area contributed by atoms with Crippen LogP contribution in [0.3, 0.4) is 0 Å². The van der Waals surface area contributed by atoms with E-state index in [1.54, 1.807) is 5.57 Å². The summed E-state index contributed by atoms with van der Waals surface area (Å²) in [6.45, 7) is 7.88. The normalized spacial score (nSPS) is 26.5. The van der Waals surface area contributed by atoms with Gasteiger partial charge in [0.05, 0.1) is 0 Å². The Morgan fingerprint density at radius 3 is 2.91 bits per heavy atom. The van der Waals surface area contributed by atoms with E-state index in [1.165, 1.54) is 12.8 Å². The lowest BCUT2D eigenvalue weighted by Gasteiger charge is -2.10. The first kappa shape index (κ1) is 8.79. The molecule has 1 atom stereocenters. The van der Waals surface area contributed by atoms with Gasteiger partial charge in [-0.15, -0.1) is 0 Å². The van der Waals surface area contributed by atoms with Crippen LogP contribution < -0.4 is 5.32 Å². The smallest absolute Gasteiger partial charge is 0.0140 e. The molecule has 0 aliphatic carbocycles. The molecule has 1 aliphatic heterocycles. The Hall–Kier alpha value is -0.300. The van der Waals surface area contributed by atoms with Gasteiger partial charge in [0.15, 0.2) is 0 Å². The zero-order valence-corrected chi connectivity index (χ0v) is 7.85. The summed E-state index contributed by atoms with van der Waals surface area (Å²) in [6.07, 6.45) is 4.93. The first-order valence-electron chi connectivity index (χ1n) is 4.62. The summed E-state index contributed by atoms with van der Waals surface area (Å²) < 4.78 is 0. The van der Waals surface area contributed by atoms with Crippen molar-refractivity contribution in [2.45, 2.75) is 39.7 Å². The lowest BCUT2D eigenvalue weighted by Crippen LogP contribution is -2.24. The van der Waals surface area contributed by atoms with Crippen LogP contribution in [0.5, 0.6) is 0 Å². The zero-order valence-electron chi connectivity index (χ0n) is 7.85. The summed E-state index contributed by atoms with van der Waals surface area (Å²) in [6, 6.07) is 0.697. The highest BCUT2D eigenvalue weighted by molar-refractivity contribution is 5.08. The minimum absolute atomic E-state index is 0.697. The van der Waals surface area contributed by atoms with Gasteiger partial charge >= 0.3 is 0 Å². The van der Waals surface area contributed by atoms with Crippen LogP contribution in [0.15, 0.2) is 11.6 Å². The molecule has 0 bridgehead atoms. The highest BCUT2D eigenvalue weighted by Crippen LogP contribution is 2.18. The summed E-state index contributed by atoms with van der Waals surface area (Å²) in [7, 11) is 0. The molecule has 64 valence electrons. The van der Waals surface area contributed by atoms with E-state index < -0.39 is 0 Å². The Labute approximate surface area is 69.9 Å². The van der Waals surface area contributed by atoms with Crippen molar-refractivity contribution < 1.29 is 0 Å². The van der Waals surface area contributed by atoms with Crippen LogP contribution >= 0.6 is 0 Å². The topological polar surface area (TPSA) is 12.0 Å². The van der Waals surface area contributed by atoms with Gasteiger partial charge in [0, 0.05) is 12.6 Å². The maximum absolute atomic E-state index is 3.45. The molecular weight excluding hydrogens is 134 g/mol. The molecule has 1 rings (SSSR count). The molecule has 0 aromatic rings. The molecular formula is C10H19N. The van der Waals surface area contributed by atoms with Crippen molar-refractivity contribution >= 4 is 0 Å². The van der Waals surface area contributed by atoms with Crippen LogP contribution in [0.25, 0.3) is 0 Å². The van der Waals surface area contributed by atoms with E-state index >= 15 is 0 Å². The van der Waals surface area contributed by atoms with E-state index in [9.17, 15) is 0 Å². The standard InChI is InChI=1S/C10H19N/c1-8(2)10-5-4-9(3)11-7-6-10/h6,8-9,11H,4-5,7H2,1-3H3/t9-/m0/s1. The molecule has 1 aliphatic rings. The second-order valence-electron chi connectivity index (χ2n) is 3.78. The molecule has 0 unspecified atom stereocenters. The minimum atomic E-state index is 0.697. The van der Waals surface area contributed by atoms with Crippen LogP contribution in [0.2, 0.25) is 0 Å². The van der Waals surface area contributed by atoms with Crippen molar-refractivity contribution in [2.24, 2.45) is 5.92 Å². The number of allylic oxidation sites excluding steroid dienone is 1. The third kappa shape index (κ3) is 2.66. The average Bonchev–Trinajstić information content (AvgIpc) is 2.13. The Morgan fingerprint density at radius 2 is 2.27 bits per heavy atom. The molecule has 1 heterocycles. The molecule has 1 N–H and O–H groups in total. The second-order valence-corrected chi connectivity index (χ2v) is 3.78. The minimum Gasteiger partial charge on any atom is -0.311 e. The van der Waals surface area contributed by atoms with Crippen LogP contribution in [0, 0.1) is 5.92 Å². The average molecular weight is 153 g/mol. The van der Waals surface area contributed by atoms with Gasteiger partial charge < -0.3 is 5.32 Å². The molecule has 0 amide bonds. The fourth-order valence-corrected chi connectivity index (χ4v) is 1.50. The molecule has 1 nitrogen and oxygen atoms in total. The molecule has 0 aromatic heterocycles. The van der Waals surface area contributed by atoms with Gasteiger partial charge in [-0.25, -0.2) is 0 Å². The van der Waals surface area contributed by atoms with E-state index in [0.29, 0.717) is 6.04 Å². The van der Waals surface area contributed by atoms with Crippen molar-refractivity contribution in [1.82, 2.24) is 5.32 Å². The van der Waals surface area contributed by atoms with Crippen LogP contribution in [-0.2, 0) is 0 Å². The molecule has 0 spiro atoms. The predicted molar refractivity (Wildman–Crippen MR) is 49.6 cm³/mol. The van der Waals surface area contributed by atoms with E-state index in [1.807, 2.05) is 0 Å². The highest BCUT2D eigenvalue weighted by Gasteiger charge is 2.09. The van der Waals surface area contributed by atoms with Gasteiger partial charge in [-0.05, 0) is 25.7 Å². The Morgan fingerprint density at radius 1 is 1.55 bits per heavy atom. The quantitative estimate of drug-likeness (QED) is 0.570. The van der Waals surface area contributed by atoms with Crippen molar-refractivity contribution in [3.05, 3.63) is 11.6 Å². The van der Waals surface area contributed by atoms with Crippen molar-refractivity contribution in [3.8, 4) is 0 Å². The monoisotopic (exact) mass is 153 g/mol. The summed E-state index contributed by atoms with van der Waals surface area (Å²) in [5.74, 6) is 0.738.